The molecule has 0 spiro atoms. The summed E-state index contributed by atoms with van der Waals surface area (Å²) in [5.74, 6) is 2.75. The Morgan fingerprint density at radius 1 is 1.33 bits per heavy atom. The molecule has 1 aliphatic heterocycles. The summed E-state index contributed by atoms with van der Waals surface area (Å²) in [7, 11) is 0. The number of hydrogen-bond donors (Lipinski definition) is 3. The van der Waals surface area contributed by atoms with Gasteiger partial charge in [0, 0.05) is 19.0 Å². The molecule has 6 heteroatoms. The number of nitrogens with zero attached hydrogens (tertiary/aromatic N) is 3. The van der Waals surface area contributed by atoms with Crippen LogP contribution in [0, 0.1) is 5.92 Å². The first-order chi connectivity index (χ1) is 8.76. The van der Waals surface area contributed by atoms with E-state index in [9.17, 15) is 5.11 Å². The Morgan fingerprint density at radius 2 is 2.06 bits per heavy atom. The maximum Gasteiger partial charge on any atom is 0.244 e. The lowest BCUT2D eigenvalue weighted by atomic mass is 9.82. The third kappa shape index (κ3) is 2.22. The number of nitrogens with two attached hydrogens (primary N) is 1. The molecule has 1 aromatic heterocycles. The number of piperidine rings is 1. The van der Waals surface area contributed by atoms with E-state index in [0.29, 0.717) is 11.8 Å². The van der Waals surface area contributed by atoms with Gasteiger partial charge in [0.2, 0.25) is 5.95 Å². The molecule has 0 unspecified atom stereocenters. The van der Waals surface area contributed by atoms with Crippen molar-refractivity contribution in [2.45, 2.75) is 37.7 Å². The van der Waals surface area contributed by atoms with Gasteiger partial charge in [-0.05, 0) is 38.1 Å². The van der Waals surface area contributed by atoms with Gasteiger partial charge in [0.05, 0.1) is 6.10 Å². The van der Waals surface area contributed by atoms with Crippen molar-refractivity contribution >= 4 is 5.95 Å². The number of H-pyrrole nitrogens is 1. The molecular formula is C12H21N5O. The quantitative estimate of drug-likeness (QED) is 0.715. The van der Waals surface area contributed by atoms with Crippen molar-refractivity contribution in [3.63, 3.8) is 0 Å². The molecule has 1 aliphatic carbocycles. The number of aliphatic hydroxyl groups is 1. The summed E-state index contributed by atoms with van der Waals surface area (Å²) in [6.07, 6.45) is 3.72. The number of rotatable bonds is 3. The molecule has 2 fully saturated rings. The van der Waals surface area contributed by atoms with Crippen LogP contribution in [0.3, 0.4) is 0 Å². The minimum absolute atomic E-state index is 0.149. The Balaban J connectivity index is 1.60. The predicted octanol–water partition coefficient (Wildman–Crippen LogP) is 0.218. The van der Waals surface area contributed by atoms with Gasteiger partial charge in [0.1, 0.15) is 5.82 Å². The molecule has 6 nitrogen and oxygen atoms in total. The molecule has 0 bridgehead atoms. The van der Waals surface area contributed by atoms with Crippen molar-refractivity contribution < 1.29 is 5.11 Å². The molecule has 2 heterocycles. The maximum atomic E-state index is 9.31. The summed E-state index contributed by atoms with van der Waals surface area (Å²) in [6.45, 7) is 2.77. The Kier molecular flexibility index (Phi) is 3.22. The molecule has 0 radical (unpaired) electrons. The van der Waals surface area contributed by atoms with Crippen molar-refractivity contribution in [1.29, 1.82) is 0 Å². The van der Waals surface area contributed by atoms with E-state index in [2.05, 4.69) is 20.1 Å². The molecule has 0 atom stereocenters. The zero-order chi connectivity index (χ0) is 12.5. The Morgan fingerprint density at radius 3 is 2.67 bits per heavy atom. The van der Waals surface area contributed by atoms with Gasteiger partial charge < -0.3 is 15.7 Å². The lowest BCUT2D eigenvalue weighted by molar-refractivity contribution is 0.0718. The summed E-state index contributed by atoms with van der Waals surface area (Å²) in [6, 6.07) is 0. The summed E-state index contributed by atoms with van der Waals surface area (Å²) >= 11 is 0. The molecule has 2 aliphatic rings. The first-order valence-corrected chi connectivity index (χ1v) is 6.81. The van der Waals surface area contributed by atoms with Crippen molar-refractivity contribution in [3.05, 3.63) is 5.82 Å². The minimum Gasteiger partial charge on any atom is -0.393 e. The first-order valence-electron chi connectivity index (χ1n) is 6.81. The fourth-order valence-electron chi connectivity index (χ4n) is 2.77. The number of aromatic nitrogens is 3. The number of nitrogens with one attached hydrogen (secondary N) is 1. The SMILES string of the molecule is NCC1CCN(c2n[nH]c(C3CC(O)C3)n2)CC1. The molecule has 3 rings (SSSR count). The number of aromatic amines is 1. The van der Waals surface area contributed by atoms with E-state index < -0.39 is 0 Å². The van der Waals surface area contributed by atoms with E-state index in [4.69, 9.17) is 5.73 Å². The summed E-state index contributed by atoms with van der Waals surface area (Å²) < 4.78 is 0. The second-order valence-electron chi connectivity index (χ2n) is 5.51. The van der Waals surface area contributed by atoms with Crippen LogP contribution in [-0.2, 0) is 0 Å². The molecule has 1 saturated heterocycles. The van der Waals surface area contributed by atoms with Crippen LogP contribution in [-0.4, -0.2) is 46.0 Å². The van der Waals surface area contributed by atoms with Crippen molar-refractivity contribution in [1.82, 2.24) is 15.2 Å². The smallest absolute Gasteiger partial charge is 0.244 e. The highest BCUT2D eigenvalue weighted by Gasteiger charge is 2.32. The van der Waals surface area contributed by atoms with Crippen LogP contribution in [0.4, 0.5) is 5.95 Å². The molecule has 18 heavy (non-hydrogen) atoms. The van der Waals surface area contributed by atoms with Gasteiger partial charge in [-0.2, -0.15) is 4.98 Å². The number of aliphatic hydroxyl groups excluding tert-OH is 1. The van der Waals surface area contributed by atoms with Crippen molar-refractivity contribution in [3.8, 4) is 0 Å². The molecule has 100 valence electrons. The lowest BCUT2D eigenvalue weighted by Crippen LogP contribution is -2.36. The van der Waals surface area contributed by atoms with Crippen LogP contribution in [0.15, 0.2) is 0 Å². The third-order valence-electron chi connectivity index (χ3n) is 4.22. The van der Waals surface area contributed by atoms with Gasteiger partial charge in [-0.15, -0.1) is 5.10 Å². The highest BCUT2D eigenvalue weighted by atomic mass is 16.3. The molecule has 4 N–H and O–H groups in total. The fourth-order valence-corrected chi connectivity index (χ4v) is 2.77. The Bertz CT molecular complexity index is 393. The summed E-state index contributed by atoms with van der Waals surface area (Å²) in [5.41, 5.74) is 5.69. The highest BCUT2D eigenvalue weighted by molar-refractivity contribution is 5.30. The third-order valence-corrected chi connectivity index (χ3v) is 4.22. The zero-order valence-corrected chi connectivity index (χ0v) is 10.5. The number of hydrogen-bond acceptors (Lipinski definition) is 5. The molecule has 1 saturated carbocycles. The van der Waals surface area contributed by atoms with Gasteiger partial charge >= 0.3 is 0 Å². The molecule has 0 aromatic carbocycles. The Labute approximate surface area is 107 Å². The maximum absolute atomic E-state index is 9.31. The number of anilines is 1. The first kappa shape index (κ1) is 11.9. The topological polar surface area (TPSA) is 91.1 Å². The Hall–Kier alpha value is -1.14. The van der Waals surface area contributed by atoms with E-state index in [1.807, 2.05) is 0 Å². The second kappa shape index (κ2) is 4.85. The highest BCUT2D eigenvalue weighted by Crippen LogP contribution is 2.35. The van der Waals surface area contributed by atoms with Crippen molar-refractivity contribution in [2.24, 2.45) is 11.7 Å². The molecule has 0 amide bonds. The van der Waals surface area contributed by atoms with Gasteiger partial charge in [-0.1, -0.05) is 0 Å². The summed E-state index contributed by atoms with van der Waals surface area (Å²) in [5, 5.41) is 16.6. The second-order valence-corrected chi connectivity index (χ2v) is 5.51. The van der Waals surface area contributed by atoms with Crippen LogP contribution < -0.4 is 10.6 Å². The van der Waals surface area contributed by atoms with Crippen LogP contribution in [0.5, 0.6) is 0 Å². The van der Waals surface area contributed by atoms with Gasteiger partial charge in [0.25, 0.3) is 0 Å². The monoisotopic (exact) mass is 251 g/mol. The lowest BCUT2D eigenvalue weighted by Gasteiger charge is -2.31. The van der Waals surface area contributed by atoms with Crippen molar-refractivity contribution in [2.75, 3.05) is 24.5 Å². The van der Waals surface area contributed by atoms with Gasteiger partial charge in [0.15, 0.2) is 0 Å². The zero-order valence-electron chi connectivity index (χ0n) is 10.5. The van der Waals surface area contributed by atoms with Crippen LogP contribution >= 0.6 is 0 Å². The standard InChI is InChI=1S/C12H21N5O/c13-7-8-1-3-17(4-2-8)12-14-11(15-16-12)9-5-10(18)6-9/h8-10,18H,1-7,13H2,(H,14,15,16). The molecular weight excluding hydrogens is 230 g/mol. The van der Waals surface area contributed by atoms with E-state index in [0.717, 1.165) is 57.1 Å². The minimum atomic E-state index is -0.149. The van der Waals surface area contributed by atoms with Crippen LogP contribution in [0.1, 0.15) is 37.4 Å². The van der Waals surface area contributed by atoms with Crippen LogP contribution in [0.2, 0.25) is 0 Å². The van der Waals surface area contributed by atoms with Crippen LogP contribution in [0.25, 0.3) is 0 Å². The van der Waals surface area contributed by atoms with E-state index in [1.165, 1.54) is 0 Å². The van der Waals surface area contributed by atoms with Gasteiger partial charge in [-0.3, -0.25) is 5.10 Å². The predicted molar refractivity (Wildman–Crippen MR) is 68.4 cm³/mol. The summed E-state index contributed by atoms with van der Waals surface area (Å²) in [4.78, 5) is 6.78. The van der Waals surface area contributed by atoms with Gasteiger partial charge in [-0.25, -0.2) is 0 Å². The largest absolute Gasteiger partial charge is 0.393 e. The van der Waals surface area contributed by atoms with E-state index in [1.54, 1.807) is 0 Å². The van der Waals surface area contributed by atoms with E-state index >= 15 is 0 Å². The molecule has 1 aromatic rings. The fraction of sp³-hybridized carbons (Fsp3) is 0.833. The normalized spacial score (nSPS) is 29.3. The average Bonchev–Trinajstić information content (AvgIpc) is 2.84. The average molecular weight is 251 g/mol. The van der Waals surface area contributed by atoms with E-state index in [-0.39, 0.29) is 6.10 Å².